The van der Waals surface area contributed by atoms with Gasteiger partial charge in [-0.1, -0.05) is 25.4 Å². The number of aliphatic carboxylic acids is 1. The second kappa shape index (κ2) is 5.46. The fourth-order valence-electron chi connectivity index (χ4n) is 2.14. The highest BCUT2D eigenvalue weighted by molar-refractivity contribution is 9.18. The number of hydrogen-bond acceptors (Lipinski definition) is 4. The Morgan fingerprint density at radius 2 is 2.26 bits per heavy atom. The fourth-order valence-corrected chi connectivity index (χ4v) is 3.30. The molecule has 7 heteroatoms. The summed E-state index contributed by atoms with van der Waals surface area (Å²) < 4.78 is 0.608. The minimum atomic E-state index is -0.946. The molecule has 0 saturated heterocycles. The van der Waals surface area contributed by atoms with Crippen LogP contribution in [0.2, 0.25) is 5.02 Å². The molecule has 0 radical (unpaired) electrons. The molecular weight excluding hydrogens is 334 g/mol. The van der Waals surface area contributed by atoms with E-state index in [1.807, 2.05) is 13.8 Å². The lowest BCUT2D eigenvalue weighted by Crippen LogP contribution is -2.42. The standard InChI is InChI=1S/C12H13BrClN3O2/c1-6(2)8-9(12(18)19)17(16-10(8)13)11-7(14)4-3-5-15-11/h3-6,8-9H,1-2H3,(H,18,19). The highest BCUT2D eigenvalue weighted by Crippen LogP contribution is 2.36. The predicted molar refractivity (Wildman–Crippen MR) is 77.8 cm³/mol. The molecule has 0 bridgehead atoms. The first-order valence-corrected chi connectivity index (χ1v) is 6.97. The predicted octanol–water partition coefficient (Wildman–Crippen LogP) is 2.99. The number of hydrazone groups is 1. The summed E-state index contributed by atoms with van der Waals surface area (Å²) in [5.41, 5.74) is 0. The van der Waals surface area contributed by atoms with Crippen LogP contribution in [-0.2, 0) is 4.79 Å². The molecule has 2 unspecified atom stereocenters. The number of carboxylic acids is 1. The fraction of sp³-hybridized carbons (Fsp3) is 0.417. The van der Waals surface area contributed by atoms with Crippen LogP contribution in [0.25, 0.3) is 0 Å². The van der Waals surface area contributed by atoms with Crippen LogP contribution in [0.4, 0.5) is 5.82 Å². The molecule has 1 N–H and O–H groups in total. The van der Waals surface area contributed by atoms with Crippen molar-refractivity contribution in [3.05, 3.63) is 23.4 Å². The Labute approximate surface area is 124 Å². The van der Waals surface area contributed by atoms with E-state index in [1.54, 1.807) is 18.3 Å². The van der Waals surface area contributed by atoms with Gasteiger partial charge in [0.15, 0.2) is 11.9 Å². The van der Waals surface area contributed by atoms with Crippen LogP contribution in [-0.4, -0.2) is 26.7 Å². The minimum absolute atomic E-state index is 0.131. The third-order valence-electron chi connectivity index (χ3n) is 3.01. The Morgan fingerprint density at radius 1 is 1.58 bits per heavy atom. The highest BCUT2D eigenvalue weighted by Gasteiger charge is 2.44. The molecule has 2 rings (SSSR count). The monoisotopic (exact) mass is 345 g/mol. The quantitative estimate of drug-likeness (QED) is 0.913. The normalized spacial score (nSPS) is 22.8. The molecule has 0 spiro atoms. The first kappa shape index (κ1) is 14.3. The lowest BCUT2D eigenvalue weighted by Gasteiger charge is -2.25. The second-order valence-corrected chi connectivity index (χ2v) is 5.85. The first-order valence-electron chi connectivity index (χ1n) is 5.80. The highest BCUT2D eigenvalue weighted by atomic mass is 79.9. The summed E-state index contributed by atoms with van der Waals surface area (Å²) in [6.45, 7) is 3.92. The molecule has 0 amide bonds. The Morgan fingerprint density at radius 3 is 2.79 bits per heavy atom. The topological polar surface area (TPSA) is 65.8 Å². The number of aromatic nitrogens is 1. The van der Waals surface area contributed by atoms with Gasteiger partial charge in [-0.15, -0.1) is 0 Å². The maximum absolute atomic E-state index is 11.6. The van der Waals surface area contributed by atoms with E-state index in [2.05, 4.69) is 26.0 Å². The maximum atomic E-state index is 11.6. The number of rotatable bonds is 3. The number of pyridine rings is 1. The van der Waals surface area contributed by atoms with Crippen molar-refractivity contribution in [2.24, 2.45) is 16.9 Å². The Balaban J connectivity index is 2.46. The van der Waals surface area contributed by atoms with Crippen molar-refractivity contribution in [2.45, 2.75) is 19.9 Å². The lowest BCUT2D eigenvalue weighted by atomic mass is 9.90. The van der Waals surface area contributed by atoms with Crippen molar-refractivity contribution in [1.82, 2.24) is 4.98 Å². The van der Waals surface area contributed by atoms with Gasteiger partial charge in [0.2, 0.25) is 0 Å². The lowest BCUT2D eigenvalue weighted by molar-refractivity contribution is -0.139. The molecule has 1 aliphatic heterocycles. The minimum Gasteiger partial charge on any atom is -0.480 e. The molecule has 1 aromatic rings. The van der Waals surface area contributed by atoms with Gasteiger partial charge in [0.25, 0.3) is 0 Å². The molecular formula is C12H13BrClN3O2. The van der Waals surface area contributed by atoms with Crippen LogP contribution in [0.3, 0.4) is 0 Å². The average Bonchev–Trinajstić information content (AvgIpc) is 2.67. The Kier molecular flexibility index (Phi) is 4.10. The van der Waals surface area contributed by atoms with Gasteiger partial charge in [-0.3, -0.25) is 0 Å². The third kappa shape index (κ3) is 2.60. The molecule has 0 aromatic carbocycles. The summed E-state index contributed by atoms with van der Waals surface area (Å²) in [5.74, 6) is -0.683. The van der Waals surface area contributed by atoms with E-state index >= 15 is 0 Å². The molecule has 0 fully saturated rings. The van der Waals surface area contributed by atoms with Gasteiger partial charge in [-0.2, -0.15) is 5.10 Å². The molecule has 1 aliphatic rings. The Bertz CT molecular complexity index is 535. The van der Waals surface area contributed by atoms with Gasteiger partial charge in [0.05, 0.1) is 5.02 Å². The zero-order valence-electron chi connectivity index (χ0n) is 10.4. The number of carboxylic acid groups (broad SMARTS) is 1. The molecule has 1 aromatic heterocycles. The molecule has 2 heterocycles. The number of carbonyl (C=O) groups is 1. The molecule has 0 aliphatic carbocycles. The van der Waals surface area contributed by atoms with Gasteiger partial charge in [-0.05, 0) is 34.0 Å². The number of hydrogen-bond donors (Lipinski definition) is 1. The van der Waals surface area contributed by atoms with Crippen molar-refractivity contribution in [3.8, 4) is 0 Å². The van der Waals surface area contributed by atoms with E-state index in [0.717, 1.165) is 0 Å². The molecule has 2 atom stereocenters. The van der Waals surface area contributed by atoms with Crippen LogP contribution < -0.4 is 5.01 Å². The van der Waals surface area contributed by atoms with E-state index in [1.165, 1.54) is 5.01 Å². The van der Waals surface area contributed by atoms with Crippen LogP contribution in [0, 0.1) is 11.8 Å². The number of halogens is 2. The summed E-state index contributed by atoms with van der Waals surface area (Å²) in [7, 11) is 0. The van der Waals surface area contributed by atoms with Crippen LogP contribution in [0.15, 0.2) is 23.4 Å². The Hall–Kier alpha value is -1.14. The number of nitrogens with zero attached hydrogens (tertiary/aromatic N) is 3. The SMILES string of the molecule is CC(C)C1C(Br)=NN(c2ncccc2Cl)C1C(=O)O. The second-order valence-electron chi connectivity index (χ2n) is 4.63. The molecule has 0 saturated carbocycles. The summed E-state index contributed by atoms with van der Waals surface area (Å²) in [5, 5.41) is 15.5. The molecule has 102 valence electrons. The van der Waals surface area contributed by atoms with Crippen LogP contribution in [0.1, 0.15) is 13.8 Å². The third-order valence-corrected chi connectivity index (χ3v) is 3.99. The van der Waals surface area contributed by atoms with Crippen molar-refractivity contribution < 1.29 is 9.90 Å². The van der Waals surface area contributed by atoms with Gasteiger partial charge in [-0.25, -0.2) is 14.8 Å². The maximum Gasteiger partial charge on any atom is 0.329 e. The zero-order chi connectivity index (χ0) is 14.2. The zero-order valence-corrected chi connectivity index (χ0v) is 12.8. The summed E-state index contributed by atoms with van der Waals surface area (Å²) in [6.07, 6.45) is 1.56. The van der Waals surface area contributed by atoms with Crippen molar-refractivity contribution in [2.75, 3.05) is 5.01 Å². The van der Waals surface area contributed by atoms with Crippen molar-refractivity contribution in [1.29, 1.82) is 0 Å². The van der Waals surface area contributed by atoms with E-state index in [9.17, 15) is 9.90 Å². The van der Waals surface area contributed by atoms with E-state index < -0.39 is 12.0 Å². The van der Waals surface area contributed by atoms with Gasteiger partial charge in [0.1, 0.15) is 4.62 Å². The first-order chi connectivity index (χ1) is 8.93. The molecule has 5 nitrogen and oxygen atoms in total. The smallest absolute Gasteiger partial charge is 0.329 e. The van der Waals surface area contributed by atoms with E-state index in [0.29, 0.717) is 15.5 Å². The van der Waals surface area contributed by atoms with Crippen LogP contribution >= 0.6 is 27.5 Å². The van der Waals surface area contributed by atoms with E-state index in [-0.39, 0.29) is 11.8 Å². The van der Waals surface area contributed by atoms with E-state index in [4.69, 9.17) is 11.6 Å². The summed E-state index contributed by atoms with van der Waals surface area (Å²) in [6, 6.07) is 2.55. The van der Waals surface area contributed by atoms with Gasteiger partial charge < -0.3 is 5.11 Å². The van der Waals surface area contributed by atoms with Gasteiger partial charge >= 0.3 is 5.97 Å². The molecule has 19 heavy (non-hydrogen) atoms. The largest absolute Gasteiger partial charge is 0.480 e. The summed E-state index contributed by atoms with van der Waals surface area (Å²) in [4.78, 5) is 15.7. The average molecular weight is 347 g/mol. The number of anilines is 1. The van der Waals surface area contributed by atoms with Gasteiger partial charge in [0, 0.05) is 12.1 Å². The summed E-state index contributed by atoms with van der Waals surface area (Å²) >= 11 is 9.42. The van der Waals surface area contributed by atoms with Crippen molar-refractivity contribution in [3.63, 3.8) is 0 Å². The van der Waals surface area contributed by atoms with Crippen LogP contribution in [0.5, 0.6) is 0 Å². The van der Waals surface area contributed by atoms with Crippen molar-refractivity contribution >= 4 is 43.9 Å².